The van der Waals surface area contributed by atoms with Crippen LogP contribution in [0.25, 0.3) is 0 Å². The van der Waals surface area contributed by atoms with E-state index in [1.54, 1.807) is 11.1 Å². The van der Waals surface area contributed by atoms with Gasteiger partial charge in [-0.15, -0.1) is 0 Å². The first kappa shape index (κ1) is 25.7. The predicted octanol–water partition coefficient (Wildman–Crippen LogP) is 3.87. The Kier molecular flexibility index (Phi) is 8.40. The Morgan fingerprint density at radius 2 is 1.95 bits per heavy atom. The van der Waals surface area contributed by atoms with Crippen LogP contribution in [0.15, 0.2) is 60.8 Å². The molecule has 1 unspecified atom stereocenters. The van der Waals surface area contributed by atoms with E-state index in [2.05, 4.69) is 20.6 Å². The van der Waals surface area contributed by atoms with Gasteiger partial charge in [0.2, 0.25) is 5.95 Å². The normalized spacial score (nSPS) is 13.9. The van der Waals surface area contributed by atoms with E-state index in [9.17, 15) is 9.59 Å². The first-order valence-electron chi connectivity index (χ1n) is 12.3. The number of carbonyl (C=O) groups excluding carboxylic acids is 2. The summed E-state index contributed by atoms with van der Waals surface area (Å²) in [5.74, 6) is 1.54. The van der Waals surface area contributed by atoms with Gasteiger partial charge in [-0.2, -0.15) is 4.98 Å². The fourth-order valence-corrected chi connectivity index (χ4v) is 4.09. The average Bonchev–Trinajstić information content (AvgIpc) is 3.04. The average molecular weight is 505 g/mol. The van der Waals surface area contributed by atoms with Crippen LogP contribution in [-0.4, -0.2) is 62.3 Å². The molecule has 10 nitrogen and oxygen atoms in total. The number of amides is 2. The molecule has 2 N–H and O–H groups in total. The van der Waals surface area contributed by atoms with E-state index in [0.29, 0.717) is 54.8 Å². The monoisotopic (exact) mass is 504 g/mol. The van der Waals surface area contributed by atoms with Crippen LogP contribution >= 0.6 is 0 Å². The minimum absolute atomic E-state index is 0.168. The lowest BCUT2D eigenvalue weighted by molar-refractivity contribution is 0.0989. The molecule has 1 atom stereocenters. The molecule has 4 rings (SSSR count). The zero-order valence-corrected chi connectivity index (χ0v) is 21.3. The third kappa shape index (κ3) is 6.27. The van der Waals surface area contributed by atoms with Crippen LogP contribution < -0.4 is 25.2 Å². The zero-order valence-electron chi connectivity index (χ0n) is 21.3. The van der Waals surface area contributed by atoms with Crippen LogP contribution in [0.4, 0.5) is 22.2 Å². The number of anilines is 3. The maximum Gasteiger partial charge on any atom is 0.406 e. The smallest absolute Gasteiger partial charge is 0.406 e. The molecule has 1 aliphatic heterocycles. The first-order valence-corrected chi connectivity index (χ1v) is 12.3. The van der Waals surface area contributed by atoms with Crippen LogP contribution in [0, 0.1) is 0 Å². The largest absolute Gasteiger partial charge is 0.486 e. The second-order valence-electron chi connectivity index (χ2n) is 8.53. The quantitative estimate of drug-likeness (QED) is 0.452. The maximum absolute atomic E-state index is 13.5. The van der Waals surface area contributed by atoms with E-state index in [-0.39, 0.29) is 18.6 Å². The Bertz CT molecular complexity index is 1220. The maximum atomic E-state index is 13.5. The minimum atomic E-state index is -0.486. The van der Waals surface area contributed by atoms with Gasteiger partial charge in [0.05, 0.1) is 6.61 Å². The number of hydrogen-bond acceptors (Lipinski definition) is 8. The lowest BCUT2D eigenvalue weighted by Crippen LogP contribution is -2.33. The van der Waals surface area contributed by atoms with Crippen molar-refractivity contribution in [2.24, 2.45) is 0 Å². The Balaban J connectivity index is 1.56. The fourth-order valence-electron chi connectivity index (χ4n) is 4.09. The van der Waals surface area contributed by atoms with Crippen LogP contribution in [0.5, 0.6) is 5.75 Å². The van der Waals surface area contributed by atoms with Crippen molar-refractivity contribution in [1.29, 1.82) is 0 Å². The number of benzene rings is 2. The summed E-state index contributed by atoms with van der Waals surface area (Å²) >= 11 is 0. The molecule has 1 aromatic heterocycles. The molecule has 0 bridgehead atoms. The van der Waals surface area contributed by atoms with Gasteiger partial charge in [0, 0.05) is 58.1 Å². The molecule has 0 saturated heterocycles. The van der Waals surface area contributed by atoms with Crippen LogP contribution in [0.3, 0.4) is 0 Å². The number of hydrogen-bond donors (Lipinski definition) is 2. The van der Waals surface area contributed by atoms with Gasteiger partial charge in [0.15, 0.2) is 0 Å². The zero-order chi connectivity index (χ0) is 26.2. The minimum Gasteiger partial charge on any atom is -0.486 e. The van der Waals surface area contributed by atoms with E-state index < -0.39 is 6.09 Å². The molecule has 0 spiro atoms. The van der Waals surface area contributed by atoms with E-state index in [4.69, 9.17) is 9.47 Å². The molecule has 2 aromatic carbocycles. The number of nitrogens with one attached hydrogen (secondary N) is 2. The van der Waals surface area contributed by atoms with Gasteiger partial charge in [-0.3, -0.25) is 4.79 Å². The molecular weight excluding hydrogens is 472 g/mol. The number of carbonyl (C=O) groups is 2. The Labute approximate surface area is 216 Å². The van der Waals surface area contributed by atoms with E-state index in [0.717, 1.165) is 5.56 Å². The van der Waals surface area contributed by atoms with Crippen molar-refractivity contribution in [3.63, 3.8) is 0 Å². The summed E-state index contributed by atoms with van der Waals surface area (Å²) in [7, 11) is 3.44. The molecule has 0 aliphatic carbocycles. The van der Waals surface area contributed by atoms with Crippen molar-refractivity contribution >= 4 is 29.5 Å². The Hall–Kier alpha value is -4.34. The standard InChI is InChI=1S/C27H32N6O4/c1-4-29-26-30-18-22-24(31-26)32(3)14-15-33(25(22)34)20-11-8-12-21(17-20)37-23(13-16-36-27(35)28-2)19-9-6-5-7-10-19/h5-12,17-18,23H,4,13-16H2,1-3H3,(H,28,35)(H,29,30,31). The number of aromatic nitrogens is 2. The van der Waals surface area contributed by atoms with Crippen molar-refractivity contribution in [2.45, 2.75) is 19.4 Å². The molecule has 194 valence electrons. The first-order chi connectivity index (χ1) is 18.0. The summed E-state index contributed by atoms with van der Waals surface area (Å²) < 4.78 is 11.5. The second kappa shape index (κ2) is 12.1. The molecule has 37 heavy (non-hydrogen) atoms. The molecule has 1 aliphatic rings. The third-order valence-corrected chi connectivity index (χ3v) is 6.00. The fraction of sp³-hybridized carbons (Fsp3) is 0.333. The third-order valence-electron chi connectivity index (χ3n) is 6.00. The summed E-state index contributed by atoms with van der Waals surface area (Å²) in [6, 6.07) is 17.2. The van der Waals surface area contributed by atoms with Gasteiger partial charge < -0.3 is 29.9 Å². The number of ether oxygens (including phenoxy) is 2. The molecule has 0 saturated carbocycles. The second-order valence-corrected chi connectivity index (χ2v) is 8.53. The van der Waals surface area contributed by atoms with Crippen molar-refractivity contribution in [2.75, 3.05) is 55.5 Å². The molecule has 0 radical (unpaired) electrons. The number of rotatable bonds is 9. The van der Waals surface area contributed by atoms with Crippen molar-refractivity contribution < 1.29 is 19.1 Å². The topological polar surface area (TPSA) is 109 Å². The Morgan fingerprint density at radius 3 is 2.70 bits per heavy atom. The lowest BCUT2D eigenvalue weighted by Gasteiger charge is -2.23. The van der Waals surface area contributed by atoms with Crippen molar-refractivity contribution in [3.05, 3.63) is 71.9 Å². The van der Waals surface area contributed by atoms with Crippen LogP contribution in [0.1, 0.15) is 35.4 Å². The SMILES string of the molecule is CCNc1ncc2c(n1)N(C)CCN(c1cccc(OC(CCOC(=O)NC)c3ccccc3)c1)C2=O. The predicted molar refractivity (Wildman–Crippen MR) is 142 cm³/mol. The number of likely N-dealkylation sites (N-methyl/N-ethyl adjacent to an activating group) is 1. The summed E-state index contributed by atoms with van der Waals surface area (Å²) in [6.07, 6.45) is 1.22. The van der Waals surface area contributed by atoms with Gasteiger partial charge in [-0.05, 0) is 24.6 Å². The summed E-state index contributed by atoms with van der Waals surface area (Å²) in [5.41, 5.74) is 2.12. The highest BCUT2D eigenvalue weighted by Crippen LogP contribution is 2.31. The molecule has 2 amide bonds. The van der Waals surface area contributed by atoms with Crippen LogP contribution in [0.2, 0.25) is 0 Å². The number of fused-ring (bicyclic) bond motifs is 1. The molecule has 0 fully saturated rings. The summed E-state index contributed by atoms with van der Waals surface area (Å²) in [6.45, 7) is 3.94. The van der Waals surface area contributed by atoms with E-state index in [1.165, 1.54) is 7.05 Å². The van der Waals surface area contributed by atoms with Gasteiger partial charge in [0.25, 0.3) is 5.91 Å². The molecule has 10 heteroatoms. The van der Waals surface area contributed by atoms with E-state index >= 15 is 0 Å². The van der Waals surface area contributed by atoms with Crippen LogP contribution in [-0.2, 0) is 4.74 Å². The van der Waals surface area contributed by atoms with E-state index in [1.807, 2.05) is 73.5 Å². The molecular formula is C27H32N6O4. The van der Waals surface area contributed by atoms with Gasteiger partial charge >= 0.3 is 6.09 Å². The number of nitrogens with zero attached hydrogens (tertiary/aromatic N) is 4. The van der Waals surface area contributed by atoms with Gasteiger partial charge in [0.1, 0.15) is 23.2 Å². The summed E-state index contributed by atoms with van der Waals surface area (Å²) in [4.78, 5) is 37.6. The number of alkyl carbamates (subject to hydrolysis) is 1. The van der Waals surface area contributed by atoms with Gasteiger partial charge in [-0.1, -0.05) is 36.4 Å². The highest BCUT2D eigenvalue weighted by atomic mass is 16.5. The highest BCUT2D eigenvalue weighted by molar-refractivity contribution is 6.09. The summed E-state index contributed by atoms with van der Waals surface area (Å²) in [5, 5.41) is 5.54. The van der Waals surface area contributed by atoms with Crippen molar-refractivity contribution in [3.8, 4) is 5.75 Å². The lowest BCUT2D eigenvalue weighted by atomic mass is 10.1. The highest BCUT2D eigenvalue weighted by Gasteiger charge is 2.28. The molecule has 2 heterocycles. The van der Waals surface area contributed by atoms with Crippen molar-refractivity contribution in [1.82, 2.24) is 15.3 Å². The Morgan fingerprint density at radius 1 is 1.14 bits per heavy atom. The van der Waals surface area contributed by atoms with Gasteiger partial charge in [-0.25, -0.2) is 9.78 Å². The molecule has 3 aromatic rings.